The second-order valence-corrected chi connectivity index (χ2v) is 12.5. The van der Waals surface area contributed by atoms with Crippen molar-refractivity contribution in [3.8, 4) is 0 Å². The predicted octanol–water partition coefficient (Wildman–Crippen LogP) is 5.56. The number of benzene rings is 4. The van der Waals surface area contributed by atoms with Crippen molar-refractivity contribution in [2.45, 2.75) is 45.3 Å². The molecule has 0 saturated heterocycles. The van der Waals surface area contributed by atoms with Gasteiger partial charge in [-0.3, -0.25) is 19.9 Å². The number of pyridine rings is 1. The normalized spacial score (nSPS) is 11.0. The van der Waals surface area contributed by atoms with Crippen LogP contribution < -0.4 is 21.7 Å². The number of amidine groups is 1. The fourth-order valence-electron chi connectivity index (χ4n) is 6.06. The lowest BCUT2D eigenvalue weighted by Crippen LogP contribution is -2.31. The number of amides is 2. The number of nitrogen functional groups attached to an aromatic ring is 1. The van der Waals surface area contributed by atoms with Gasteiger partial charge in [-0.1, -0.05) is 84.9 Å². The fourth-order valence-corrected chi connectivity index (χ4v) is 6.06. The highest BCUT2D eigenvalue weighted by atomic mass is 16.2. The van der Waals surface area contributed by atoms with E-state index in [2.05, 4.69) is 14.9 Å². The molecule has 0 bridgehead atoms. The number of imidazole rings is 1. The third-order valence-electron chi connectivity index (χ3n) is 8.83. The highest BCUT2D eigenvalue weighted by Crippen LogP contribution is 2.24. The minimum absolute atomic E-state index is 0.0122. The number of aromatic nitrogens is 3. The van der Waals surface area contributed by atoms with Gasteiger partial charge < -0.3 is 21.4 Å². The SMILES string of the molecule is N=C(N)c1ccc(CCc2nc3cc(C(=O)N(Cc4ccc(CN)cc4)c4ccccn4)ccc3n2CCCNC(=O)Cc2ccccc2)cc1. The molecule has 0 aliphatic heterocycles. The molecule has 0 fully saturated rings. The molecular formula is C41H42N8O2. The lowest BCUT2D eigenvalue weighted by atomic mass is 10.1. The van der Waals surface area contributed by atoms with Gasteiger partial charge in [0.1, 0.15) is 17.5 Å². The second kappa shape index (κ2) is 16.5. The molecule has 10 nitrogen and oxygen atoms in total. The van der Waals surface area contributed by atoms with E-state index in [0.29, 0.717) is 62.4 Å². The van der Waals surface area contributed by atoms with E-state index in [1.807, 2.05) is 115 Å². The Hall–Kier alpha value is -6.13. The molecule has 2 amide bonds. The number of carbonyl (C=O) groups excluding carboxylic acids is 2. The van der Waals surface area contributed by atoms with Gasteiger partial charge in [0.15, 0.2) is 0 Å². The molecule has 0 spiro atoms. The van der Waals surface area contributed by atoms with Crippen molar-refractivity contribution in [2.75, 3.05) is 11.4 Å². The van der Waals surface area contributed by atoms with Gasteiger partial charge in [-0.15, -0.1) is 0 Å². The number of nitrogens with zero attached hydrogens (tertiary/aromatic N) is 4. The number of anilines is 1. The first-order chi connectivity index (χ1) is 24.9. The van der Waals surface area contributed by atoms with Crippen molar-refractivity contribution in [1.29, 1.82) is 5.41 Å². The summed E-state index contributed by atoms with van der Waals surface area (Å²) < 4.78 is 2.19. The highest BCUT2D eigenvalue weighted by molar-refractivity contribution is 6.07. The Balaban J connectivity index is 1.23. The zero-order chi connectivity index (χ0) is 35.6. The lowest BCUT2D eigenvalue weighted by Gasteiger charge is -2.22. The van der Waals surface area contributed by atoms with Gasteiger partial charge in [0.05, 0.1) is 24.0 Å². The third kappa shape index (κ3) is 8.92. The summed E-state index contributed by atoms with van der Waals surface area (Å²) in [4.78, 5) is 38.0. The Morgan fingerprint density at radius 3 is 2.20 bits per heavy atom. The minimum atomic E-state index is -0.179. The van der Waals surface area contributed by atoms with Gasteiger partial charge in [0.2, 0.25) is 5.91 Å². The molecule has 2 heterocycles. The second-order valence-electron chi connectivity index (χ2n) is 12.5. The molecule has 0 unspecified atom stereocenters. The van der Waals surface area contributed by atoms with E-state index < -0.39 is 0 Å². The topological polar surface area (TPSA) is 156 Å². The van der Waals surface area contributed by atoms with Crippen LogP contribution in [0.4, 0.5) is 5.82 Å². The van der Waals surface area contributed by atoms with Crippen LogP contribution in [0.2, 0.25) is 0 Å². The smallest absolute Gasteiger partial charge is 0.259 e. The molecule has 258 valence electrons. The number of aryl methyl sites for hydroxylation is 3. The quantitative estimate of drug-likeness (QED) is 0.0634. The molecule has 0 aliphatic rings. The van der Waals surface area contributed by atoms with Crippen LogP contribution in [0.5, 0.6) is 0 Å². The summed E-state index contributed by atoms with van der Waals surface area (Å²) in [6.07, 6.45) is 4.13. The maximum absolute atomic E-state index is 14.2. The van der Waals surface area contributed by atoms with Gasteiger partial charge in [-0.2, -0.15) is 0 Å². The number of nitrogens with one attached hydrogen (secondary N) is 2. The van der Waals surface area contributed by atoms with E-state index in [9.17, 15) is 9.59 Å². The minimum Gasteiger partial charge on any atom is -0.384 e. The van der Waals surface area contributed by atoms with Crippen LogP contribution in [0.3, 0.4) is 0 Å². The molecule has 4 aromatic carbocycles. The van der Waals surface area contributed by atoms with Crippen LogP contribution in [0.1, 0.15) is 50.4 Å². The first kappa shape index (κ1) is 34.7. The van der Waals surface area contributed by atoms with Gasteiger partial charge in [-0.05, 0) is 65.4 Å². The molecule has 0 radical (unpaired) electrons. The van der Waals surface area contributed by atoms with Crippen molar-refractivity contribution in [3.63, 3.8) is 0 Å². The molecule has 6 aromatic rings. The van der Waals surface area contributed by atoms with Gasteiger partial charge in [0, 0.05) is 43.4 Å². The molecule has 0 aliphatic carbocycles. The van der Waals surface area contributed by atoms with Crippen molar-refractivity contribution in [3.05, 3.63) is 161 Å². The number of nitrogens with two attached hydrogens (primary N) is 2. The summed E-state index contributed by atoms with van der Waals surface area (Å²) in [6.45, 7) is 1.97. The van der Waals surface area contributed by atoms with Gasteiger partial charge in [0.25, 0.3) is 5.91 Å². The predicted molar refractivity (Wildman–Crippen MR) is 201 cm³/mol. The molecule has 2 aromatic heterocycles. The molecule has 6 N–H and O–H groups in total. The average molecular weight is 679 g/mol. The molecule has 6 rings (SSSR count). The summed E-state index contributed by atoms with van der Waals surface area (Å²) in [5.74, 6) is 1.29. The fraction of sp³-hybridized carbons (Fsp3) is 0.195. The van der Waals surface area contributed by atoms with E-state index in [0.717, 1.165) is 45.5 Å². The van der Waals surface area contributed by atoms with E-state index in [1.54, 1.807) is 11.1 Å². The Morgan fingerprint density at radius 1 is 0.784 bits per heavy atom. The molecule has 0 atom stereocenters. The van der Waals surface area contributed by atoms with Crippen molar-refractivity contribution in [1.82, 2.24) is 19.9 Å². The van der Waals surface area contributed by atoms with Crippen molar-refractivity contribution in [2.24, 2.45) is 11.5 Å². The first-order valence-electron chi connectivity index (χ1n) is 17.1. The summed E-state index contributed by atoms with van der Waals surface area (Å²) in [7, 11) is 0. The van der Waals surface area contributed by atoms with Crippen LogP contribution in [-0.4, -0.2) is 38.7 Å². The van der Waals surface area contributed by atoms with E-state index in [4.69, 9.17) is 21.9 Å². The summed E-state index contributed by atoms with van der Waals surface area (Å²) in [6, 6.07) is 36.5. The van der Waals surface area contributed by atoms with E-state index >= 15 is 0 Å². The van der Waals surface area contributed by atoms with Crippen LogP contribution in [0.25, 0.3) is 11.0 Å². The van der Waals surface area contributed by atoms with Crippen LogP contribution >= 0.6 is 0 Å². The van der Waals surface area contributed by atoms with Crippen molar-refractivity contribution < 1.29 is 9.59 Å². The van der Waals surface area contributed by atoms with Crippen molar-refractivity contribution >= 4 is 34.5 Å². The summed E-state index contributed by atoms with van der Waals surface area (Å²) in [5, 5.41) is 10.7. The van der Waals surface area contributed by atoms with Gasteiger partial charge >= 0.3 is 0 Å². The highest BCUT2D eigenvalue weighted by Gasteiger charge is 2.21. The number of carbonyl (C=O) groups is 2. The Kier molecular flexibility index (Phi) is 11.2. The Labute approximate surface area is 297 Å². The maximum Gasteiger partial charge on any atom is 0.259 e. The number of rotatable bonds is 15. The largest absolute Gasteiger partial charge is 0.384 e. The Morgan fingerprint density at radius 2 is 1.49 bits per heavy atom. The number of hydrogen-bond donors (Lipinski definition) is 4. The van der Waals surface area contributed by atoms with E-state index in [1.165, 1.54) is 0 Å². The zero-order valence-corrected chi connectivity index (χ0v) is 28.5. The molecule has 51 heavy (non-hydrogen) atoms. The van der Waals surface area contributed by atoms with Crippen LogP contribution in [-0.2, 0) is 43.7 Å². The lowest BCUT2D eigenvalue weighted by molar-refractivity contribution is -0.120. The van der Waals surface area contributed by atoms with Gasteiger partial charge in [-0.25, -0.2) is 9.97 Å². The number of hydrogen-bond acceptors (Lipinski definition) is 6. The number of fused-ring (bicyclic) bond motifs is 1. The Bertz CT molecular complexity index is 2090. The molecular weight excluding hydrogens is 637 g/mol. The molecule has 10 heteroatoms. The summed E-state index contributed by atoms with van der Waals surface area (Å²) >= 11 is 0. The first-order valence-corrected chi connectivity index (χ1v) is 17.1. The standard InChI is InChI=1S/C41H42N8O2/c42-27-31-10-12-32(13-11-31)28-49(37-9-4-5-22-45-37)41(51)34-19-20-36-35(26-34)47-38(21-16-29-14-17-33(18-15-29)40(43)44)48(36)24-6-23-46-39(50)25-30-7-2-1-3-8-30/h1-5,7-15,17-20,22,26H,6,16,21,23-25,27-28,42H2,(H3,43,44)(H,46,50). The monoisotopic (exact) mass is 678 g/mol. The average Bonchev–Trinajstić information content (AvgIpc) is 3.52. The summed E-state index contributed by atoms with van der Waals surface area (Å²) in [5.41, 5.74) is 18.4. The molecule has 0 saturated carbocycles. The maximum atomic E-state index is 14.2. The zero-order valence-electron chi connectivity index (χ0n) is 28.5. The van der Waals surface area contributed by atoms with E-state index in [-0.39, 0.29) is 17.6 Å². The van der Waals surface area contributed by atoms with Crippen LogP contribution in [0, 0.1) is 5.41 Å². The van der Waals surface area contributed by atoms with Crippen LogP contribution in [0.15, 0.2) is 121 Å². The third-order valence-corrected chi connectivity index (χ3v) is 8.83.